The Kier molecular flexibility index (Phi) is 6.61. The molecule has 0 aliphatic carbocycles. The number of anilines is 1. The van der Waals surface area contributed by atoms with Crippen LogP contribution in [0.3, 0.4) is 0 Å². The summed E-state index contributed by atoms with van der Waals surface area (Å²) in [6, 6.07) is 9.44. The number of hydrogen-bond donors (Lipinski definition) is 1. The third-order valence-corrected chi connectivity index (χ3v) is 6.83. The van der Waals surface area contributed by atoms with Gasteiger partial charge in [-0.1, -0.05) is 24.6 Å². The first-order valence-corrected chi connectivity index (χ1v) is 12.3. The van der Waals surface area contributed by atoms with Gasteiger partial charge in [0.05, 0.1) is 16.8 Å². The maximum Gasteiger partial charge on any atom is 0.246 e. The maximum atomic E-state index is 12.4. The zero-order chi connectivity index (χ0) is 22.6. The summed E-state index contributed by atoms with van der Waals surface area (Å²) in [5.74, 6) is 1.20. The van der Waals surface area contributed by atoms with Crippen LogP contribution < -0.4 is 5.73 Å². The monoisotopic (exact) mass is 454 g/mol. The molecule has 0 aliphatic heterocycles. The van der Waals surface area contributed by atoms with Gasteiger partial charge in [-0.25, -0.2) is 28.4 Å². The van der Waals surface area contributed by atoms with Crippen molar-refractivity contribution >= 4 is 37.6 Å². The summed E-state index contributed by atoms with van der Waals surface area (Å²) in [5.41, 5.74) is 8.63. The summed E-state index contributed by atoms with van der Waals surface area (Å²) in [6.45, 7) is 3.57. The van der Waals surface area contributed by atoms with Crippen LogP contribution in [-0.2, 0) is 27.7 Å². The van der Waals surface area contributed by atoms with E-state index in [-0.39, 0.29) is 10.9 Å². The van der Waals surface area contributed by atoms with E-state index in [0.717, 1.165) is 35.1 Å². The molecular weight excluding hydrogens is 428 g/mol. The SMILES string of the molecule is CCOCc1nc2c(N)nc3ccccc3c2n1CCCCCS(=O)(=O)c1ncccn1. The lowest BCUT2D eigenvalue weighted by Gasteiger charge is -2.11. The zero-order valence-electron chi connectivity index (χ0n) is 17.9. The average Bonchev–Trinajstić information content (AvgIpc) is 3.17. The first kappa shape index (κ1) is 22.1. The van der Waals surface area contributed by atoms with E-state index in [2.05, 4.69) is 19.5 Å². The van der Waals surface area contributed by atoms with Gasteiger partial charge in [-0.2, -0.15) is 0 Å². The molecule has 1 aromatic carbocycles. The van der Waals surface area contributed by atoms with Crippen LogP contribution in [0.4, 0.5) is 5.82 Å². The van der Waals surface area contributed by atoms with Crippen molar-refractivity contribution in [2.75, 3.05) is 18.1 Å². The maximum absolute atomic E-state index is 12.4. The molecule has 0 saturated heterocycles. The molecule has 0 radical (unpaired) electrons. The molecule has 4 aromatic rings. The number of unbranched alkanes of at least 4 members (excludes halogenated alkanes) is 2. The molecule has 0 atom stereocenters. The van der Waals surface area contributed by atoms with Gasteiger partial charge >= 0.3 is 0 Å². The summed E-state index contributed by atoms with van der Waals surface area (Å²) in [5, 5.41) is 0.866. The van der Waals surface area contributed by atoms with Crippen LogP contribution >= 0.6 is 0 Å². The molecule has 0 bridgehead atoms. The molecule has 0 amide bonds. The number of aromatic nitrogens is 5. The van der Waals surface area contributed by atoms with Crippen LogP contribution in [0.15, 0.2) is 47.9 Å². The molecule has 0 aliphatic rings. The molecule has 32 heavy (non-hydrogen) atoms. The second-order valence-corrected chi connectivity index (χ2v) is 9.44. The predicted molar refractivity (Wildman–Crippen MR) is 123 cm³/mol. The predicted octanol–water partition coefficient (Wildman–Crippen LogP) is 3.14. The standard InChI is InChI=1S/C22H26N6O3S/c1-2-31-15-18-27-19-20(16-9-4-5-10-17(16)26-21(19)23)28(18)13-6-3-7-14-32(29,30)22-24-11-8-12-25-22/h4-5,8-12H,2-3,6-7,13-15H2,1H3,(H2,23,26). The Balaban J connectivity index is 1.53. The highest BCUT2D eigenvalue weighted by atomic mass is 32.2. The second-order valence-electron chi connectivity index (χ2n) is 7.44. The Bertz CT molecular complexity index is 1320. The van der Waals surface area contributed by atoms with E-state index in [0.29, 0.717) is 37.5 Å². The van der Waals surface area contributed by atoms with Crippen LogP contribution in [0.1, 0.15) is 32.0 Å². The van der Waals surface area contributed by atoms with Crippen molar-refractivity contribution in [3.63, 3.8) is 0 Å². The highest BCUT2D eigenvalue weighted by Gasteiger charge is 2.18. The minimum atomic E-state index is -3.47. The molecule has 0 spiro atoms. The highest BCUT2D eigenvalue weighted by molar-refractivity contribution is 7.91. The number of ether oxygens (including phenoxy) is 1. The summed E-state index contributed by atoms with van der Waals surface area (Å²) in [6.07, 6.45) is 4.92. The number of sulfone groups is 1. The Labute approximate surface area is 186 Å². The van der Waals surface area contributed by atoms with Gasteiger partial charge in [0.2, 0.25) is 15.0 Å². The van der Waals surface area contributed by atoms with Crippen molar-refractivity contribution in [1.29, 1.82) is 0 Å². The Morgan fingerprint density at radius 3 is 2.59 bits per heavy atom. The molecule has 4 rings (SSSR count). The fraction of sp³-hybridized carbons (Fsp3) is 0.364. The van der Waals surface area contributed by atoms with Crippen LogP contribution in [0.2, 0.25) is 0 Å². The van der Waals surface area contributed by atoms with Crippen molar-refractivity contribution in [2.45, 2.75) is 44.5 Å². The fourth-order valence-corrected chi connectivity index (χ4v) is 4.94. The number of fused-ring (bicyclic) bond motifs is 3. The van der Waals surface area contributed by atoms with Crippen molar-refractivity contribution in [3.8, 4) is 0 Å². The number of benzene rings is 1. The van der Waals surface area contributed by atoms with Crippen LogP contribution in [0, 0.1) is 0 Å². The number of nitrogen functional groups attached to an aromatic ring is 1. The number of para-hydroxylation sites is 1. The lowest BCUT2D eigenvalue weighted by Crippen LogP contribution is -2.11. The van der Waals surface area contributed by atoms with Crippen molar-refractivity contribution in [2.24, 2.45) is 0 Å². The molecule has 168 valence electrons. The summed E-state index contributed by atoms with van der Waals surface area (Å²) < 4.78 is 32.5. The van der Waals surface area contributed by atoms with Gasteiger partial charge in [-0.05, 0) is 31.9 Å². The van der Waals surface area contributed by atoms with E-state index in [9.17, 15) is 8.42 Å². The fourth-order valence-electron chi connectivity index (χ4n) is 3.73. The summed E-state index contributed by atoms with van der Waals surface area (Å²) >= 11 is 0. The van der Waals surface area contributed by atoms with E-state index in [4.69, 9.17) is 15.5 Å². The minimum absolute atomic E-state index is 0.0211. The molecule has 3 heterocycles. The molecule has 0 fully saturated rings. The second kappa shape index (κ2) is 9.58. The number of pyridine rings is 1. The lowest BCUT2D eigenvalue weighted by atomic mass is 10.2. The number of imidazole rings is 1. The number of rotatable bonds is 10. The number of hydrogen-bond acceptors (Lipinski definition) is 8. The molecule has 10 heteroatoms. The third kappa shape index (κ3) is 4.56. The summed E-state index contributed by atoms with van der Waals surface area (Å²) in [4.78, 5) is 16.9. The minimum Gasteiger partial charge on any atom is -0.382 e. The first-order valence-electron chi connectivity index (χ1n) is 10.6. The number of nitrogens with two attached hydrogens (primary N) is 1. The van der Waals surface area contributed by atoms with Crippen molar-refractivity contribution in [1.82, 2.24) is 24.5 Å². The Hall–Kier alpha value is -3.11. The topological polar surface area (TPSA) is 126 Å². The van der Waals surface area contributed by atoms with Crippen molar-refractivity contribution < 1.29 is 13.2 Å². The van der Waals surface area contributed by atoms with Crippen LogP contribution in [-0.4, -0.2) is 45.3 Å². The van der Waals surface area contributed by atoms with E-state index < -0.39 is 9.84 Å². The molecule has 9 nitrogen and oxygen atoms in total. The van der Waals surface area contributed by atoms with Gasteiger partial charge in [0.15, 0.2) is 5.82 Å². The smallest absolute Gasteiger partial charge is 0.246 e. The van der Waals surface area contributed by atoms with E-state index in [1.807, 2.05) is 31.2 Å². The van der Waals surface area contributed by atoms with Gasteiger partial charge < -0.3 is 15.0 Å². The van der Waals surface area contributed by atoms with Gasteiger partial charge in [-0.3, -0.25) is 0 Å². The quantitative estimate of drug-likeness (QED) is 0.286. The van der Waals surface area contributed by atoms with E-state index in [1.54, 1.807) is 6.07 Å². The first-order chi connectivity index (χ1) is 15.5. The molecule has 0 unspecified atom stereocenters. The van der Waals surface area contributed by atoms with Crippen LogP contribution in [0.5, 0.6) is 0 Å². The number of aryl methyl sites for hydroxylation is 1. The van der Waals surface area contributed by atoms with Crippen LogP contribution in [0.25, 0.3) is 21.9 Å². The summed E-state index contributed by atoms with van der Waals surface area (Å²) in [7, 11) is -3.47. The zero-order valence-corrected chi connectivity index (χ0v) is 18.8. The van der Waals surface area contributed by atoms with Gasteiger partial charge in [0, 0.05) is 30.9 Å². The van der Waals surface area contributed by atoms with E-state index >= 15 is 0 Å². The average molecular weight is 455 g/mol. The van der Waals surface area contributed by atoms with Crippen molar-refractivity contribution in [3.05, 3.63) is 48.5 Å². The highest BCUT2D eigenvalue weighted by Crippen LogP contribution is 2.29. The van der Waals surface area contributed by atoms with Gasteiger partial charge in [0.1, 0.15) is 17.9 Å². The Morgan fingerprint density at radius 2 is 1.81 bits per heavy atom. The Morgan fingerprint density at radius 1 is 1.03 bits per heavy atom. The van der Waals surface area contributed by atoms with Gasteiger partial charge in [-0.15, -0.1) is 0 Å². The van der Waals surface area contributed by atoms with Gasteiger partial charge in [0.25, 0.3) is 0 Å². The normalized spacial score (nSPS) is 12.0. The third-order valence-electron chi connectivity index (χ3n) is 5.24. The number of nitrogens with zero attached hydrogens (tertiary/aromatic N) is 5. The largest absolute Gasteiger partial charge is 0.382 e. The molecule has 2 N–H and O–H groups in total. The molecule has 3 aromatic heterocycles. The molecule has 0 saturated carbocycles. The lowest BCUT2D eigenvalue weighted by molar-refractivity contribution is 0.126. The van der Waals surface area contributed by atoms with E-state index in [1.165, 1.54) is 12.4 Å². The molecular formula is C22H26N6O3S.